The minimum absolute atomic E-state index is 0.0961. The van der Waals surface area contributed by atoms with E-state index in [0.29, 0.717) is 0 Å². The molecule has 2 aromatic rings. The molecule has 1 aliphatic carbocycles. The molecule has 0 saturated heterocycles. The largest absolute Gasteiger partial charge is 0.464 e. The lowest BCUT2D eigenvalue weighted by Crippen LogP contribution is -2.55. The third-order valence-corrected chi connectivity index (χ3v) is 6.73. The maximum atomic E-state index is 13.1. The molecule has 0 atom stereocenters. The predicted molar refractivity (Wildman–Crippen MR) is 100 cm³/mol. The summed E-state index contributed by atoms with van der Waals surface area (Å²) in [6, 6.07) is 16.1. The average Bonchev–Trinajstić information content (AvgIpc) is 2.68. The van der Waals surface area contributed by atoms with Gasteiger partial charge in [-0.15, -0.1) is 11.8 Å². The molecule has 2 aromatic carbocycles. The summed E-state index contributed by atoms with van der Waals surface area (Å²) >= 11 is 1.36. The zero-order chi connectivity index (χ0) is 18.3. The van der Waals surface area contributed by atoms with Crippen LogP contribution in [-0.4, -0.2) is 29.9 Å². The molecule has 0 saturated carbocycles. The Kier molecular flexibility index (Phi) is 4.27. The highest BCUT2D eigenvalue weighted by Gasteiger charge is 2.64. The van der Waals surface area contributed by atoms with Crippen LogP contribution < -0.4 is 0 Å². The van der Waals surface area contributed by atoms with Crippen LogP contribution in [0.2, 0.25) is 0 Å². The monoisotopic (exact) mass is 368 g/mol. The minimum atomic E-state index is -1.40. The molecule has 134 valence electrons. The second kappa shape index (κ2) is 6.47. The van der Waals surface area contributed by atoms with Gasteiger partial charge in [0.25, 0.3) is 0 Å². The van der Waals surface area contributed by atoms with E-state index in [1.165, 1.54) is 11.8 Å². The van der Waals surface area contributed by atoms with E-state index in [9.17, 15) is 9.59 Å². The Morgan fingerprint density at radius 3 is 1.69 bits per heavy atom. The highest BCUT2D eigenvalue weighted by atomic mass is 32.2. The second-order valence-electron chi connectivity index (χ2n) is 6.37. The summed E-state index contributed by atoms with van der Waals surface area (Å²) in [5, 5.41) is -0.0961. The summed E-state index contributed by atoms with van der Waals surface area (Å²) in [6.45, 7) is 3.96. The van der Waals surface area contributed by atoms with Gasteiger partial charge in [0.05, 0.1) is 18.5 Å². The molecule has 0 aromatic heterocycles. The molecule has 0 radical (unpaired) electrons. The smallest absolute Gasteiger partial charge is 0.334 e. The molecule has 0 N–H and O–H groups in total. The van der Waals surface area contributed by atoms with Crippen LogP contribution in [0, 0.1) is 0 Å². The highest BCUT2D eigenvalue weighted by molar-refractivity contribution is 8.02. The fourth-order valence-electron chi connectivity index (χ4n) is 4.07. The molecular formula is C21H20O4S. The van der Waals surface area contributed by atoms with Crippen molar-refractivity contribution in [2.75, 3.05) is 13.2 Å². The minimum Gasteiger partial charge on any atom is -0.464 e. The molecule has 2 aliphatic heterocycles. The van der Waals surface area contributed by atoms with Crippen molar-refractivity contribution in [3.8, 4) is 0 Å². The number of fused-ring (bicyclic) bond motifs is 1. The quantitative estimate of drug-likeness (QED) is 0.606. The Balaban J connectivity index is 1.98. The van der Waals surface area contributed by atoms with Gasteiger partial charge in [-0.05, 0) is 36.1 Å². The van der Waals surface area contributed by atoms with Crippen LogP contribution >= 0.6 is 11.8 Å². The first-order valence-corrected chi connectivity index (χ1v) is 9.73. The normalized spacial score (nSPS) is 21.5. The second-order valence-corrected chi connectivity index (χ2v) is 7.72. The molecular weight excluding hydrogens is 348 g/mol. The number of hydrogen-bond donors (Lipinski definition) is 0. The number of ether oxygens (including phenoxy) is 2. The van der Waals surface area contributed by atoms with E-state index < -0.39 is 22.6 Å². The number of thioether (sulfide) groups is 1. The van der Waals surface area contributed by atoms with E-state index in [1.54, 1.807) is 13.8 Å². The predicted octanol–water partition coefficient (Wildman–Crippen LogP) is 3.83. The van der Waals surface area contributed by atoms with E-state index >= 15 is 0 Å². The summed E-state index contributed by atoms with van der Waals surface area (Å²) in [5.74, 6) is -1.44. The molecule has 5 rings (SSSR count). The van der Waals surface area contributed by atoms with Gasteiger partial charge in [-0.2, -0.15) is 0 Å². The fourth-order valence-corrected chi connectivity index (χ4v) is 5.83. The first-order valence-electron chi connectivity index (χ1n) is 8.85. The van der Waals surface area contributed by atoms with Crippen LogP contribution in [-0.2, 0) is 19.1 Å². The van der Waals surface area contributed by atoms with Gasteiger partial charge in [0.1, 0.15) is 0 Å². The van der Waals surface area contributed by atoms with Gasteiger partial charge in [-0.1, -0.05) is 48.5 Å². The van der Waals surface area contributed by atoms with Crippen molar-refractivity contribution in [1.82, 2.24) is 0 Å². The van der Waals surface area contributed by atoms with Gasteiger partial charge < -0.3 is 9.47 Å². The maximum absolute atomic E-state index is 13.1. The molecule has 0 amide bonds. The molecule has 3 aliphatic rings. The number of rotatable bonds is 4. The zero-order valence-corrected chi connectivity index (χ0v) is 15.5. The maximum Gasteiger partial charge on any atom is 0.334 e. The van der Waals surface area contributed by atoms with Crippen LogP contribution in [0.1, 0.15) is 47.3 Å². The lowest BCUT2D eigenvalue weighted by Gasteiger charge is -2.49. The average molecular weight is 368 g/mol. The Bertz CT molecular complexity index is 810. The Morgan fingerprint density at radius 1 is 0.846 bits per heavy atom. The topological polar surface area (TPSA) is 52.6 Å². The van der Waals surface area contributed by atoms with Crippen molar-refractivity contribution < 1.29 is 19.1 Å². The van der Waals surface area contributed by atoms with Crippen LogP contribution in [0.25, 0.3) is 0 Å². The van der Waals surface area contributed by atoms with Crippen molar-refractivity contribution in [1.29, 1.82) is 0 Å². The van der Waals surface area contributed by atoms with E-state index in [0.717, 1.165) is 22.3 Å². The SMILES string of the molecule is CCOC(=O)C1(C(=O)OCC)SC2c3ccccc3C1c1ccccc12. The van der Waals surface area contributed by atoms with Gasteiger partial charge in [0.15, 0.2) is 0 Å². The summed E-state index contributed by atoms with van der Waals surface area (Å²) < 4.78 is 9.35. The van der Waals surface area contributed by atoms with Gasteiger partial charge in [-0.25, -0.2) is 9.59 Å². The van der Waals surface area contributed by atoms with Gasteiger partial charge in [0, 0.05) is 5.92 Å². The van der Waals surface area contributed by atoms with Crippen molar-refractivity contribution in [2.45, 2.75) is 29.8 Å². The first-order chi connectivity index (χ1) is 12.6. The van der Waals surface area contributed by atoms with Gasteiger partial charge >= 0.3 is 11.9 Å². The molecule has 2 heterocycles. The van der Waals surface area contributed by atoms with E-state index in [4.69, 9.17) is 9.47 Å². The summed E-state index contributed by atoms with van der Waals surface area (Å²) in [5.41, 5.74) is 4.34. The van der Waals surface area contributed by atoms with Gasteiger partial charge in [-0.3, -0.25) is 0 Å². The lowest BCUT2D eigenvalue weighted by molar-refractivity contribution is -0.159. The molecule has 0 unspecified atom stereocenters. The summed E-state index contributed by atoms with van der Waals surface area (Å²) in [7, 11) is 0. The summed E-state index contributed by atoms with van der Waals surface area (Å²) in [4.78, 5) is 26.2. The first kappa shape index (κ1) is 17.2. The Hall–Kier alpha value is -2.27. The standard InChI is InChI=1S/C21H20O4S/c1-3-24-19(22)21(20(23)25-4-2)17-13-9-5-7-11-15(13)18(26-21)16-12-8-6-10-14(16)17/h5-12,17-18H,3-4H2,1-2H3. The van der Waals surface area contributed by atoms with Crippen molar-refractivity contribution in [3.63, 3.8) is 0 Å². The third-order valence-electron chi connectivity index (χ3n) is 5.05. The molecule has 0 spiro atoms. The molecule has 2 bridgehead atoms. The third kappa shape index (κ3) is 2.23. The summed E-state index contributed by atoms with van der Waals surface area (Å²) in [6.07, 6.45) is 0. The molecule has 0 fully saturated rings. The highest BCUT2D eigenvalue weighted by Crippen LogP contribution is 2.64. The van der Waals surface area contributed by atoms with E-state index in [1.807, 2.05) is 36.4 Å². The lowest BCUT2D eigenvalue weighted by atomic mass is 9.70. The fraction of sp³-hybridized carbons (Fsp3) is 0.333. The number of hydrogen-bond acceptors (Lipinski definition) is 5. The zero-order valence-electron chi connectivity index (χ0n) is 14.7. The Labute approximate surface area is 156 Å². The van der Waals surface area contributed by atoms with Crippen molar-refractivity contribution in [2.24, 2.45) is 0 Å². The van der Waals surface area contributed by atoms with Crippen LogP contribution in [0.3, 0.4) is 0 Å². The van der Waals surface area contributed by atoms with E-state index in [2.05, 4.69) is 12.1 Å². The molecule has 4 nitrogen and oxygen atoms in total. The van der Waals surface area contributed by atoms with Crippen LogP contribution in [0.4, 0.5) is 0 Å². The number of carbonyl (C=O) groups excluding carboxylic acids is 2. The van der Waals surface area contributed by atoms with Crippen LogP contribution in [0.5, 0.6) is 0 Å². The molecule has 5 heteroatoms. The number of benzene rings is 2. The van der Waals surface area contributed by atoms with Crippen molar-refractivity contribution >= 4 is 23.7 Å². The number of esters is 2. The van der Waals surface area contributed by atoms with Crippen molar-refractivity contribution in [3.05, 3.63) is 70.8 Å². The van der Waals surface area contributed by atoms with E-state index in [-0.39, 0.29) is 18.5 Å². The molecule has 26 heavy (non-hydrogen) atoms. The van der Waals surface area contributed by atoms with Crippen LogP contribution in [0.15, 0.2) is 48.5 Å². The Morgan fingerprint density at radius 2 is 1.27 bits per heavy atom. The van der Waals surface area contributed by atoms with Gasteiger partial charge in [0.2, 0.25) is 4.75 Å². The number of carbonyl (C=O) groups is 2.